The van der Waals surface area contributed by atoms with Gasteiger partial charge in [0.15, 0.2) is 0 Å². The van der Waals surface area contributed by atoms with Gasteiger partial charge in [0.1, 0.15) is 0 Å². The van der Waals surface area contributed by atoms with Crippen LogP contribution in [0.2, 0.25) is 0 Å². The van der Waals surface area contributed by atoms with Crippen LogP contribution in [0.15, 0.2) is 0 Å². The molecule has 0 aliphatic heterocycles. The fraction of sp³-hybridized carbons (Fsp3) is 1.00. The highest BCUT2D eigenvalue weighted by molar-refractivity contribution is 7.85. The fourth-order valence-electron chi connectivity index (χ4n) is 1.23. The summed E-state index contributed by atoms with van der Waals surface area (Å²) in [7, 11) is -4.00. The van der Waals surface area contributed by atoms with Gasteiger partial charge in [0.05, 0.1) is 5.75 Å². The first kappa shape index (κ1) is 12.9. The van der Waals surface area contributed by atoms with Crippen molar-refractivity contribution in [2.75, 3.05) is 5.75 Å². The minimum atomic E-state index is -4.00. The molecule has 0 amide bonds. The lowest BCUT2D eigenvalue weighted by Gasteiger charge is -2.08. The van der Waals surface area contributed by atoms with Gasteiger partial charge in [-0.15, -0.1) is 0 Å². The standard InChI is InChI=1S/C9H19O3S/c1-3-4-5-6-9(2)7-8-13(10,11)12/h9H,3-8H2,1-2H3. The summed E-state index contributed by atoms with van der Waals surface area (Å²) >= 11 is 0. The van der Waals surface area contributed by atoms with Crippen LogP contribution in [-0.4, -0.2) is 14.2 Å². The molecule has 0 saturated heterocycles. The molecule has 3 nitrogen and oxygen atoms in total. The number of rotatable bonds is 7. The van der Waals surface area contributed by atoms with Gasteiger partial charge in [0.2, 0.25) is 0 Å². The van der Waals surface area contributed by atoms with Crippen LogP contribution in [0.3, 0.4) is 0 Å². The molecule has 13 heavy (non-hydrogen) atoms. The second-order valence-electron chi connectivity index (χ2n) is 3.65. The van der Waals surface area contributed by atoms with Crippen molar-refractivity contribution in [1.29, 1.82) is 0 Å². The molecule has 0 aliphatic carbocycles. The molecule has 4 heteroatoms. The molecule has 0 saturated carbocycles. The number of unbranched alkanes of at least 4 members (excludes halogenated alkanes) is 2. The van der Waals surface area contributed by atoms with Crippen LogP contribution in [0.4, 0.5) is 0 Å². The first-order valence-corrected chi connectivity index (χ1v) is 6.47. The minimum absolute atomic E-state index is 0.208. The third-order valence-electron chi connectivity index (χ3n) is 2.16. The van der Waals surface area contributed by atoms with E-state index in [1.54, 1.807) is 0 Å². The summed E-state index contributed by atoms with van der Waals surface area (Å²) in [4.78, 5) is 0. The zero-order valence-electron chi connectivity index (χ0n) is 8.45. The van der Waals surface area contributed by atoms with Crippen LogP contribution in [0, 0.1) is 5.92 Å². The van der Waals surface area contributed by atoms with Crippen LogP contribution in [-0.2, 0) is 14.7 Å². The Labute approximate surface area is 81.3 Å². The van der Waals surface area contributed by atoms with Crippen LogP contribution in [0.1, 0.15) is 46.0 Å². The Bertz CT molecular complexity index is 209. The van der Waals surface area contributed by atoms with Gasteiger partial charge in [-0.05, 0) is 12.3 Å². The van der Waals surface area contributed by atoms with E-state index in [0.29, 0.717) is 12.3 Å². The van der Waals surface area contributed by atoms with E-state index in [-0.39, 0.29) is 5.75 Å². The Morgan fingerprint density at radius 1 is 1.15 bits per heavy atom. The third kappa shape index (κ3) is 9.83. The molecule has 0 N–H and O–H groups in total. The number of hydrogen-bond acceptors (Lipinski definition) is 2. The van der Waals surface area contributed by atoms with Crippen molar-refractivity contribution in [3.8, 4) is 0 Å². The van der Waals surface area contributed by atoms with Crippen molar-refractivity contribution < 1.29 is 13.0 Å². The molecule has 0 rings (SSSR count). The molecule has 79 valence electrons. The fourth-order valence-corrected chi connectivity index (χ4v) is 1.92. The van der Waals surface area contributed by atoms with E-state index in [1.807, 2.05) is 6.92 Å². The van der Waals surface area contributed by atoms with E-state index in [1.165, 1.54) is 12.8 Å². The molecule has 0 spiro atoms. The van der Waals surface area contributed by atoms with Crippen molar-refractivity contribution in [2.45, 2.75) is 46.0 Å². The lowest BCUT2D eigenvalue weighted by atomic mass is 10.0. The highest BCUT2D eigenvalue weighted by atomic mass is 32.2. The topological polar surface area (TPSA) is 54.0 Å². The minimum Gasteiger partial charge on any atom is -0.197 e. The Kier molecular flexibility index (Phi) is 6.33. The van der Waals surface area contributed by atoms with Crippen LogP contribution in [0.25, 0.3) is 0 Å². The summed E-state index contributed by atoms with van der Waals surface area (Å²) in [5.41, 5.74) is 0. The van der Waals surface area contributed by atoms with Crippen molar-refractivity contribution in [3.05, 3.63) is 0 Å². The summed E-state index contributed by atoms with van der Waals surface area (Å²) in [6.45, 7) is 4.13. The SMILES string of the molecule is CCCCCC(C)CCS([O])(=O)=O. The van der Waals surface area contributed by atoms with Gasteiger partial charge in [0, 0.05) is 0 Å². The van der Waals surface area contributed by atoms with Gasteiger partial charge in [-0.1, -0.05) is 44.1 Å². The molecule has 0 heterocycles. The van der Waals surface area contributed by atoms with Crippen molar-refractivity contribution in [3.63, 3.8) is 0 Å². The quantitative estimate of drug-likeness (QED) is 0.602. The molecule has 1 atom stereocenters. The summed E-state index contributed by atoms with van der Waals surface area (Å²) in [6, 6.07) is 0. The summed E-state index contributed by atoms with van der Waals surface area (Å²) in [6.07, 6.45) is 5.04. The Morgan fingerprint density at radius 3 is 2.23 bits per heavy atom. The van der Waals surface area contributed by atoms with E-state index < -0.39 is 10.1 Å². The maximum Gasteiger partial charge on any atom is 0.294 e. The monoisotopic (exact) mass is 207 g/mol. The smallest absolute Gasteiger partial charge is 0.197 e. The Morgan fingerprint density at radius 2 is 1.77 bits per heavy atom. The van der Waals surface area contributed by atoms with Crippen molar-refractivity contribution in [2.24, 2.45) is 5.92 Å². The molecule has 1 radical (unpaired) electrons. The molecular weight excluding hydrogens is 188 g/mol. The van der Waals surface area contributed by atoms with Crippen molar-refractivity contribution in [1.82, 2.24) is 0 Å². The molecule has 0 fully saturated rings. The molecule has 0 aliphatic rings. The lowest BCUT2D eigenvalue weighted by Crippen LogP contribution is -2.07. The second-order valence-corrected chi connectivity index (χ2v) is 5.18. The Balaban J connectivity index is 3.46. The zero-order valence-corrected chi connectivity index (χ0v) is 9.27. The highest BCUT2D eigenvalue weighted by Gasteiger charge is 2.10. The summed E-state index contributed by atoms with van der Waals surface area (Å²) < 4.78 is 30.9. The third-order valence-corrected chi connectivity index (χ3v) is 2.90. The predicted octanol–water partition coefficient (Wildman–Crippen LogP) is 2.35. The molecular formula is C9H19O3S. The Hall–Kier alpha value is -0.0900. The van der Waals surface area contributed by atoms with Crippen LogP contribution >= 0.6 is 0 Å². The molecule has 0 aromatic rings. The summed E-state index contributed by atoms with van der Waals surface area (Å²) in [5, 5.41) is 0. The molecule has 0 bridgehead atoms. The summed E-state index contributed by atoms with van der Waals surface area (Å²) in [5.74, 6) is 0.149. The average Bonchev–Trinajstić information content (AvgIpc) is 2.00. The molecule has 1 unspecified atom stereocenters. The maximum atomic E-state index is 10.3. The van der Waals surface area contributed by atoms with E-state index in [2.05, 4.69) is 6.92 Å². The first-order chi connectivity index (χ1) is 5.95. The van der Waals surface area contributed by atoms with Crippen LogP contribution < -0.4 is 0 Å². The number of hydrogen-bond donors (Lipinski definition) is 0. The largest absolute Gasteiger partial charge is 0.294 e. The van der Waals surface area contributed by atoms with Gasteiger partial charge in [-0.2, -0.15) is 8.42 Å². The average molecular weight is 207 g/mol. The second kappa shape index (κ2) is 6.38. The molecule has 0 aromatic carbocycles. The van der Waals surface area contributed by atoms with E-state index in [4.69, 9.17) is 0 Å². The van der Waals surface area contributed by atoms with E-state index >= 15 is 0 Å². The normalized spacial score (nSPS) is 14.4. The van der Waals surface area contributed by atoms with Gasteiger partial charge in [-0.3, -0.25) is 0 Å². The van der Waals surface area contributed by atoms with Gasteiger partial charge >= 0.3 is 0 Å². The maximum absolute atomic E-state index is 10.3. The van der Waals surface area contributed by atoms with Crippen LogP contribution in [0.5, 0.6) is 0 Å². The van der Waals surface area contributed by atoms with Crippen molar-refractivity contribution >= 4 is 10.1 Å². The van der Waals surface area contributed by atoms with Gasteiger partial charge in [0.25, 0.3) is 10.1 Å². The van der Waals surface area contributed by atoms with E-state index in [9.17, 15) is 13.0 Å². The highest BCUT2D eigenvalue weighted by Crippen LogP contribution is 2.13. The molecule has 0 aromatic heterocycles. The zero-order chi connectivity index (χ0) is 10.3. The predicted molar refractivity (Wildman–Crippen MR) is 52.4 cm³/mol. The lowest BCUT2D eigenvalue weighted by molar-refractivity contribution is 0.403. The van der Waals surface area contributed by atoms with E-state index in [0.717, 1.165) is 12.8 Å². The van der Waals surface area contributed by atoms with Gasteiger partial charge in [-0.25, -0.2) is 0 Å². The first-order valence-electron chi connectivity index (χ1n) is 4.89. The van der Waals surface area contributed by atoms with Gasteiger partial charge < -0.3 is 0 Å².